The van der Waals surface area contributed by atoms with Gasteiger partial charge < -0.3 is 20.4 Å². The van der Waals surface area contributed by atoms with Crippen molar-refractivity contribution in [1.82, 2.24) is 25.3 Å². The van der Waals surface area contributed by atoms with E-state index in [-0.39, 0.29) is 29.9 Å². The lowest BCUT2D eigenvalue weighted by Crippen LogP contribution is -2.45. The van der Waals surface area contributed by atoms with Crippen LogP contribution in [0.15, 0.2) is 29.3 Å². The molecule has 0 unspecified atom stereocenters. The summed E-state index contributed by atoms with van der Waals surface area (Å²) < 4.78 is 0. The Bertz CT molecular complexity index is 695. The van der Waals surface area contributed by atoms with E-state index in [1.807, 2.05) is 7.05 Å². The van der Waals surface area contributed by atoms with Gasteiger partial charge in [-0.15, -0.1) is 24.0 Å². The van der Waals surface area contributed by atoms with Gasteiger partial charge in [0.25, 0.3) is 0 Å². The summed E-state index contributed by atoms with van der Waals surface area (Å²) in [5, 5.41) is 6.24. The molecule has 0 spiro atoms. The third kappa shape index (κ3) is 8.23. The van der Waals surface area contributed by atoms with Crippen molar-refractivity contribution >= 4 is 35.8 Å². The molecule has 174 valence electrons. The van der Waals surface area contributed by atoms with E-state index in [1.165, 1.54) is 11.1 Å². The second-order valence-corrected chi connectivity index (χ2v) is 8.60. The van der Waals surface area contributed by atoms with E-state index >= 15 is 0 Å². The smallest absolute Gasteiger partial charge is 0.220 e. The highest BCUT2D eigenvalue weighted by atomic mass is 127. The summed E-state index contributed by atoms with van der Waals surface area (Å²) in [6.07, 6.45) is 2.71. The van der Waals surface area contributed by atoms with E-state index in [1.54, 1.807) is 7.05 Å². The average molecular weight is 543 g/mol. The molecule has 2 heterocycles. The van der Waals surface area contributed by atoms with Gasteiger partial charge >= 0.3 is 0 Å². The molecule has 0 saturated carbocycles. The SMILES string of the molecule is CN=C(NCc1ccc(CN2CCN(C)CC2)cc1)N1CCC(CC(=O)NC)CC1.I. The van der Waals surface area contributed by atoms with Crippen molar-refractivity contribution in [2.75, 3.05) is 60.4 Å². The number of nitrogens with one attached hydrogen (secondary N) is 2. The van der Waals surface area contributed by atoms with Gasteiger partial charge in [-0.05, 0) is 36.9 Å². The van der Waals surface area contributed by atoms with Crippen molar-refractivity contribution < 1.29 is 4.79 Å². The minimum atomic E-state index is 0. The number of hydrogen-bond acceptors (Lipinski definition) is 4. The predicted molar refractivity (Wildman–Crippen MR) is 138 cm³/mol. The number of likely N-dealkylation sites (N-methyl/N-ethyl adjacent to an activating group) is 1. The Morgan fingerprint density at radius 2 is 1.65 bits per heavy atom. The molecule has 2 aliphatic rings. The Labute approximate surface area is 204 Å². The predicted octanol–water partition coefficient (Wildman–Crippen LogP) is 1.98. The van der Waals surface area contributed by atoms with Crippen molar-refractivity contribution in [3.63, 3.8) is 0 Å². The normalized spacial score (nSPS) is 19.1. The lowest BCUT2D eigenvalue weighted by Gasteiger charge is -2.34. The summed E-state index contributed by atoms with van der Waals surface area (Å²) >= 11 is 0. The molecule has 0 bridgehead atoms. The first-order chi connectivity index (χ1) is 14.6. The molecule has 2 aliphatic heterocycles. The van der Waals surface area contributed by atoms with Crippen LogP contribution in [-0.2, 0) is 17.9 Å². The molecular formula is C23H39IN6O. The van der Waals surface area contributed by atoms with Crippen LogP contribution < -0.4 is 10.6 Å². The number of piperazine rings is 1. The fraction of sp³-hybridized carbons (Fsp3) is 0.652. The maximum Gasteiger partial charge on any atom is 0.220 e. The van der Waals surface area contributed by atoms with Crippen molar-refractivity contribution in [2.45, 2.75) is 32.4 Å². The van der Waals surface area contributed by atoms with Gasteiger partial charge in [0.2, 0.25) is 5.91 Å². The summed E-state index contributed by atoms with van der Waals surface area (Å²) in [7, 11) is 5.75. The van der Waals surface area contributed by atoms with E-state index in [2.05, 4.69) is 61.6 Å². The molecule has 7 nitrogen and oxygen atoms in total. The molecule has 0 aromatic heterocycles. The van der Waals surface area contributed by atoms with Crippen LogP contribution in [0.1, 0.15) is 30.4 Å². The first kappa shape index (κ1) is 25.9. The van der Waals surface area contributed by atoms with Crippen LogP contribution in [0.25, 0.3) is 0 Å². The van der Waals surface area contributed by atoms with E-state index in [9.17, 15) is 4.79 Å². The number of benzene rings is 1. The van der Waals surface area contributed by atoms with E-state index in [0.29, 0.717) is 12.3 Å². The van der Waals surface area contributed by atoms with Crippen LogP contribution in [-0.4, -0.2) is 87.0 Å². The zero-order chi connectivity index (χ0) is 21.3. The minimum absolute atomic E-state index is 0. The molecule has 2 fully saturated rings. The molecule has 2 N–H and O–H groups in total. The van der Waals surface area contributed by atoms with Gasteiger partial charge in [-0.2, -0.15) is 0 Å². The standard InChI is InChI=1S/C23H38N6O.HI/c1-24-22(30)16-19-8-10-29(11-9-19)23(25-2)26-17-20-4-6-21(7-5-20)18-28-14-12-27(3)13-15-28;/h4-7,19H,8-18H2,1-3H3,(H,24,30)(H,25,26);1H. The third-order valence-electron chi connectivity index (χ3n) is 6.35. The number of carbonyl (C=O) groups is 1. The highest BCUT2D eigenvalue weighted by Crippen LogP contribution is 2.20. The maximum atomic E-state index is 11.6. The molecular weight excluding hydrogens is 503 g/mol. The zero-order valence-corrected chi connectivity index (χ0v) is 21.6. The molecule has 8 heteroatoms. The number of amides is 1. The number of carbonyl (C=O) groups excluding carboxylic acids is 1. The fourth-order valence-corrected chi connectivity index (χ4v) is 4.25. The van der Waals surface area contributed by atoms with Gasteiger partial charge in [0.15, 0.2) is 5.96 Å². The number of likely N-dealkylation sites (tertiary alicyclic amines) is 1. The molecule has 1 aromatic rings. The summed E-state index contributed by atoms with van der Waals surface area (Å²) in [6, 6.07) is 8.95. The van der Waals surface area contributed by atoms with Crippen LogP contribution in [0.3, 0.4) is 0 Å². The van der Waals surface area contributed by atoms with Gasteiger partial charge in [-0.1, -0.05) is 24.3 Å². The number of piperidine rings is 1. The Kier molecular flexibility index (Phi) is 11.0. The third-order valence-corrected chi connectivity index (χ3v) is 6.35. The Hall–Kier alpha value is -1.39. The van der Waals surface area contributed by atoms with Crippen LogP contribution >= 0.6 is 24.0 Å². The van der Waals surface area contributed by atoms with Crippen LogP contribution in [0.4, 0.5) is 0 Å². The lowest BCUT2D eigenvalue weighted by atomic mass is 9.93. The molecule has 31 heavy (non-hydrogen) atoms. The van der Waals surface area contributed by atoms with Crippen molar-refractivity contribution in [1.29, 1.82) is 0 Å². The Morgan fingerprint density at radius 3 is 2.23 bits per heavy atom. The number of halogens is 1. The molecule has 3 rings (SSSR count). The number of rotatable bonds is 6. The van der Waals surface area contributed by atoms with Gasteiger partial charge in [0, 0.05) is 72.9 Å². The van der Waals surface area contributed by atoms with Gasteiger partial charge in [0.05, 0.1) is 0 Å². The van der Waals surface area contributed by atoms with E-state index < -0.39 is 0 Å². The highest BCUT2D eigenvalue weighted by molar-refractivity contribution is 14.0. The molecule has 0 radical (unpaired) electrons. The molecule has 0 atom stereocenters. The fourth-order valence-electron chi connectivity index (χ4n) is 4.25. The summed E-state index contributed by atoms with van der Waals surface area (Å²) in [5.74, 6) is 1.58. The largest absolute Gasteiger partial charge is 0.359 e. The molecule has 1 amide bonds. The first-order valence-electron chi connectivity index (χ1n) is 11.2. The first-order valence-corrected chi connectivity index (χ1v) is 11.2. The van der Waals surface area contributed by atoms with Crippen molar-refractivity contribution in [3.05, 3.63) is 35.4 Å². The van der Waals surface area contributed by atoms with Crippen LogP contribution in [0, 0.1) is 5.92 Å². The van der Waals surface area contributed by atoms with E-state index in [0.717, 1.165) is 71.2 Å². The second-order valence-electron chi connectivity index (χ2n) is 8.60. The second kappa shape index (κ2) is 13.2. The lowest BCUT2D eigenvalue weighted by molar-refractivity contribution is -0.121. The zero-order valence-electron chi connectivity index (χ0n) is 19.3. The Morgan fingerprint density at radius 1 is 1.03 bits per heavy atom. The van der Waals surface area contributed by atoms with Crippen molar-refractivity contribution in [3.8, 4) is 0 Å². The topological polar surface area (TPSA) is 63.2 Å². The number of aliphatic imine (C=N–C) groups is 1. The maximum absolute atomic E-state index is 11.6. The minimum Gasteiger partial charge on any atom is -0.359 e. The molecule has 1 aromatic carbocycles. The van der Waals surface area contributed by atoms with Gasteiger partial charge in [0.1, 0.15) is 0 Å². The highest BCUT2D eigenvalue weighted by Gasteiger charge is 2.23. The summed E-state index contributed by atoms with van der Waals surface area (Å²) in [6.45, 7) is 8.32. The van der Waals surface area contributed by atoms with E-state index in [4.69, 9.17) is 0 Å². The Balaban J connectivity index is 0.00000341. The average Bonchev–Trinajstić information content (AvgIpc) is 2.78. The van der Waals surface area contributed by atoms with Crippen LogP contribution in [0.5, 0.6) is 0 Å². The summed E-state index contributed by atoms with van der Waals surface area (Å²) in [4.78, 5) is 23.3. The number of nitrogens with zero attached hydrogens (tertiary/aromatic N) is 4. The van der Waals surface area contributed by atoms with Crippen molar-refractivity contribution in [2.24, 2.45) is 10.9 Å². The van der Waals surface area contributed by atoms with Crippen LogP contribution in [0.2, 0.25) is 0 Å². The monoisotopic (exact) mass is 542 g/mol. The number of hydrogen-bond donors (Lipinski definition) is 2. The molecule has 0 aliphatic carbocycles. The number of guanidine groups is 1. The summed E-state index contributed by atoms with van der Waals surface area (Å²) in [5.41, 5.74) is 2.65. The van der Waals surface area contributed by atoms with Gasteiger partial charge in [-0.25, -0.2) is 0 Å². The van der Waals surface area contributed by atoms with Gasteiger partial charge in [-0.3, -0.25) is 14.7 Å². The molecule has 2 saturated heterocycles. The quantitative estimate of drug-likeness (QED) is 0.327.